The Morgan fingerprint density at radius 3 is 2.57 bits per heavy atom. The third-order valence-electron chi connectivity index (χ3n) is 7.31. The van der Waals surface area contributed by atoms with Gasteiger partial charge in [-0.2, -0.15) is 0 Å². The van der Waals surface area contributed by atoms with Crippen molar-refractivity contribution in [3.63, 3.8) is 0 Å². The van der Waals surface area contributed by atoms with E-state index in [1.54, 1.807) is 40.5 Å². The van der Waals surface area contributed by atoms with Gasteiger partial charge in [0.2, 0.25) is 5.91 Å². The highest BCUT2D eigenvalue weighted by Gasteiger charge is 2.47. The smallest absolute Gasteiger partial charge is 0.290 e. The Balaban J connectivity index is 1.27. The summed E-state index contributed by atoms with van der Waals surface area (Å²) < 4.78 is 6.50. The molecule has 1 saturated heterocycles. The molecule has 4 aromatic rings. The molecule has 0 N–H and O–H groups in total. The molecule has 188 valence electrons. The van der Waals surface area contributed by atoms with Crippen molar-refractivity contribution in [1.29, 1.82) is 0 Å². The average molecular weight is 514 g/mol. The number of nitrogens with zero attached hydrogens (tertiary/aromatic N) is 3. The van der Waals surface area contributed by atoms with Gasteiger partial charge in [0.15, 0.2) is 5.76 Å². The molecule has 7 nitrogen and oxygen atoms in total. The molecule has 0 spiro atoms. The summed E-state index contributed by atoms with van der Waals surface area (Å²) in [6.07, 6.45) is 6.18. The van der Waals surface area contributed by atoms with Crippen molar-refractivity contribution in [3.8, 4) is 10.6 Å². The van der Waals surface area contributed by atoms with Gasteiger partial charge in [-0.1, -0.05) is 25.3 Å². The van der Waals surface area contributed by atoms with Crippen molar-refractivity contribution < 1.29 is 18.8 Å². The zero-order chi connectivity index (χ0) is 25.5. The number of carbonyl (C=O) groups excluding carboxylic acids is 3. The molecule has 0 bridgehead atoms. The number of aryl methyl sites for hydroxylation is 1. The van der Waals surface area contributed by atoms with E-state index in [1.165, 1.54) is 16.7 Å². The van der Waals surface area contributed by atoms with Gasteiger partial charge in [0, 0.05) is 11.6 Å². The molecule has 2 aliphatic rings. The Labute approximate surface area is 218 Å². The maximum atomic E-state index is 13.6. The summed E-state index contributed by atoms with van der Waals surface area (Å²) >= 11 is 1.61. The first-order chi connectivity index (χ1) is 18.0. The molecular formula is C29H27N3O4S. The van der Waals surface area contributed by atoms with Crippen LogP contribution in [0.3, 0.4) is 0 Å². The molecule has 1 unspecified atom stereocenters. The molecule has 8 heteroatoms. The SMILES string of the molecule is Cc1ccc2nc(-c3ccc(N4C(=O)CC(N(C(=O)c5ccco5)C5CCCCC5)C4=O)cc3)sc2c1. The number of carbonyl (C=O) groups is 3. The van der Waals surface area contributed by atoms with Crippen LogP contribution < -0.4 is 4.90 Å². The van der Waals surface area contributed by atoms with Gasteiger partial charge >= 0.3 is 0 Å². The molecule has 2 fully saturated rings. The molecule has 1 aliphatic heterocycles. The van der Waals surface area contributed by atoms with Crippen LogP contribution in [0.15, 0.2) is 65.3 Å². The van der Waals surface area contributed by atoms with E-state index in [1.807, 2.05) is 24.3 Å². The van der Waals surface area contributed by atoms with Gasteiger partial charge in [-0.05, 0) is 73.9 Å². The second-order valence-corrected chi connectivity index (χ2v) is 10.8. The van der Waals surface area contributed by atoms with E-state index in [-0.39, 0.29) is 35.9 Å². The van der Waals surface area contributed by atoms with Crippen LogP contribution in [0, 0.1) is 6.92 Å². The molecule has 37 heavy (non-hydrogen) atoms. The maximum Gasteiger partial charge on any atom is 0.290 e. The molecular weight excluding hydrogens is 486 g/mol. The lowest BCUT2D eigenvalue weighted by Crippen LogP contribution is -2.51. The van der Waals surface area contributed by atoms with Crippen LogP contribution in [0.1, 0.15) is 54.6 Å². The van der Waals surface area contributed by atoms with Crippen LogP contribution in [-0.4, -0.2) is 39.7 Å². The number of rotatable bonds is 5. The first-order valence-electron chi connectivity index (χ1n) is 12.7. The number of aromatic nitrogens is 1. The molecule has 1 saturated carbocycles. The molecule has 2 aromatic carbocycles. The number of benzene rings is 2. The Bertz CT molecular complexity index is 1470. The minimum Gasteiger partial charge on any atom is -0.459 e. The minimum absolute atomic E-state index is 0.0270. The van der Waals surface area contributed by atoms with Gasteiger partial charge in [-0.3, -0.25) is 14.4 Å². The van der Waals surface area contributed by atoms with Gasteiger partial charge < -0.3 is 9.32 Å². The van der Waals surface area contributed by atoms with Crippen molar-refractivity contribution in [3.05, 3.63) is 72.2 Å². The van der Waals surface area contributed by atoms with Crippen molar-refractivity contribution in [1.82, 2.24) is 9.88 Å². The summed E-state index contributed by atoms with van der Waals surface area (Å²) in [6, 6.07) is 15.9. The maximum absolute atomic E-state index is 13.6. The van der Waals surface area contributed by atoms with Crippen molar-refractivity contribution in [2.24, 2.45) is 0 Å². The minimum atomic E-state index is -0.833. The highest BCUT2D eigenvalue weighted by molar-refractivity contribution is 7.21. The third-order valence-corrected chi connectivity index (χ3v) is 8.38. The number of furan rings is 1. The topological polar surface area (TPSA) is 83.7 Å². The molecule has 2 aromatic heterocycles. The van der Waals surface area contributed by atoms with E-state index in [2.05, 4.69) is 13.0 Å². The van der Waals surface area contributed by atoms with E-state index < -0.39 is 6.04 Å². The quantitative estimate of drug-likeness (QED) is 0.307. The van der Waals surface area contributed by atoms with Crippen LogP contribution in [0.2, 0.25) is 0 Å². The Morgan fingerprint density at radius 2 is 1.84 bits per heavy atom. The van der Waals surface area contributed by atoms with E-state index in [0.29, 0.717) is 5.69 Å². The highest BCUT2D eigenvalue weighted by atomic mass is 32.1. The van der Waals surface area contributed by atoms with Crippen LogP contribution in [0.5, 0.6) is 0 Å². The number of fused-ring (bicyclic) bond motifs is 1. The number of hydrogen-bond acceptors (Lipinski definition) is 6. The highest BCUT2D eigenvalue weighted by Crippen LogP contribution is 2.35. The van der Waals surface area contributed by atoms with Crippen molar-refractivity contribution in [2.75, 3.05) is 4.90 Å². The predicted octanol–water partition coefficient (Wildman–Crippen LogP) is 5.97. The fourth-order valence-corrected chi connectivity index (χ4v) is 6.53. The number of thiazole rings is 1. The van der Waals surface area contributed by atoms with Crippen LogP contribution >= 0.6 is 11.3 Å². The summed E-state index contributed by atoms with van der Waals surface area (Å²) in [6.45, 7) is 2.06. The van der Waals surface area contributed by atoms with Crippen molar-refractivity contribution in [2.45, 2.75) is 57.5 Å². The summed E-state index contributed by atoms with van der Waals surface area (Å²) in [5.41, 5.74) is 3.57. The number of hydrogen-bond donors (Lipinski definition) is 0. The first kappa shape index (κ1) is 23.6. The van der Waals surface area contributed by atoms with Crippen molar-refractivity contribution >= 4 is 45.0 Å². The fraction of sp³-hybridized carbons (Fsp3) is 0.310. The summed E-state index contributed by atoms with van der Waals surface area (Å²) in [4.78, 5) is 47.8. The van der Waals surface area contributed by atoms with Gasteiger partial charge in [-0.15, -0.1) is 11.3 Å². The van der Waals surface area contributed by atoms with Crippen LogP contribution in [0.25, 0.3) is 20.8 Å². The van der Waals surface area contributed by atoms with E-state index >= 15 is 0 Å². The van der Waals surface area contributed by atoms with Crippen LogP contribution in [0.4, 0.5) is 5.69 Å². The lowest BCUT2D eigenvalue weighted by atomic mass is 9.92. The standard InChI is InChI=1S/C29H27N3O4S/c1-18-9-14-22-25(16-18)37-27(30-22)19-10-12-21(13-11-19)32-26(33)17-23(28(32)34)31(20-6-3-2-4-7-20)29(35)24-8-5-15-36-24/h5,8-16,20,23H,2-4,6-7,17H2,1H3. The van der Waals surface area contributed by atoms with Crippen LogP contribution in [-0.2, 0) is 9.59 Å². The largest absolute Gasteiger partial charge is 0.459 e. The van der Waals surface area contributed by atoms with E-state index in [4.69, 9.17) is 9.40 Å². The lowest BCUT2D eigenvalue weighted by molar-refractivity contribution is -0.123. The summed E-state index contributed by atoms with van der Waals surface area (Å²) in [5.74, 6) is -0.795. The van der Waals surface area contributed by atoms with Gasteiger partial charge in [-0.25, -0.2) is 9.88 Å². The molecule has 3 amide bonds. The first-order valence-corrected chi connectivity index (χ1v) is 13.5. The average Bonchev–Trinajstić information content (AvgIpc) is 3.65. The Kier molecular flexibility index (Phi) is 6.12. The lowest BCUT2D eigenvalue weighted by Gasteiger charge is -2.36. The monoisotopic (exact) mass is 513 g/mol. The second kappa shape index (κ2) is 9.59. The normalized spacial score (nSPS) is 18.6. The molecule has 1 atom stereocenters. The Morgan fingerprint density at radius 1 is 1.05 bits per heavy atom. The van der Waals surface area contributed by atoms with Gasteiger partial charge in [0.05, 0.1) is 28.6 Å². The zero-order valence-electron chi connectivity index (χ0n) is 20.6. The molecule has 1 aliphatic carbocycles. The summed E-state index contributed by atoms with van der Waals surface area (Å²) in [5, 5.41) is 0.886. The van der Waals surface area contributed by atoms with Gasteiger partial charge in [0.1, 0.15) is 11.0 Å². The van der Waals surface area contributed by atoms with E-state index in [0.717, 1.165) is 52.9 Å². The molecule has 0 radical (unpaired) electrons. The van der Waals surface area contributed by atoms with E-state index in [9.17, 15) is 14.4 Å². The predicted molar refractivity (Wildman–Crippen MR) is 142 cm³/mol. The number of imide groups is 1. The fourth-order valence-electron chi connectivity index (χ4n) is 5.46. The Hall–Kier alpha value is -3.78. The zero-order valence-corrected chi connectivity index (χ0v) is 21.4. The summed E-state index contributed by atoms with van der Waals surface area (Å²) in [7, 11) is 0. The molecule has 3 heterocycles. The molecule has 6 rings (SSSR count). The third kappa shape index (κ3) is 4.35. The van der Waals surface area contributed by atoms with Gasteiger partial charge in [0.25, 0.3) is 11.8 Å². The number of anilines is 1. The number of amides is 3. The second-order valence-electron chi connectivity index (χ2n) is 9.81.